The number of hydrogen-bond donors (Lipinski definition) is 0. The Morgan fingerprint density at radius 3 is 1.62 bits per heavy atom. The van der Waals surface area contributed by atoms with E-state index in [4.69, 9.17) is 4.42 Å². The van der Waals surface area contributed by atoms with E-state index in [2.05, 4.69) is 180 Å². The van der Waals surface area contributed by atoms with Crippen molar-refractivity contribution in [1.29, 1.82) is 0 Å². The molecule has 58 heavy (non-hydrogen) atoms. The third-order valence-corrected chi connectivity index (χ3v) is 11.8. The van der Waals surface area contributed by atoms with E-state index < -0.39 is 0 Å². The standard InChI is InChI=1S/C52H31NO.C4H8/c1-3-12-32(13-4-1)36-26-37(33-14-5-2-6-15-33)28-38(27-36)53-47-24-22-34(35-23-25-50-44(29-35)41-18-9-10-21-49(41)54-50)30-46(47)52-43-20-11-19-42-39-16-7-8-17-40(39)45(51(42)43)31-48(52)53;1-3-4-2/h1-31H;3-4H,1-2H3/b;4-3-. The number of rotatable bonds is 4. The highest BCUT2D eigenvalue weighted by atomic mass is 16.3. The molecule has 0 saturated heterocycles. The van der Waals surface area contributed by atoms with Gasteiger partial charge in [-0.15, -0.1) is 0 Å². The van der Waals surface area contributed by atoms with Crippen LogP contribution in [0.2, 0.25) is 0 Å². The molecule has 12 rings (SSSR count). The van der Waals surface area contributed by atoms with Crippen molar-refractivity contribution in [3.05, 3.63) is 200 Å². The van der Waals surface area contributed by atoms with E-state index >= 15 is 0 Å². The minimum absolute atomic E-state index is 0.911. The number of furan rings is 1. The maximum absolute atomic E-state index is 6.21. The quantitative estimate of drug-likeness (QED) is 0.164. The fourth-order valence-corrected chi connectivity index (χ4v) is 9.08. The number of allylic oxidation sites excluding steroid dienone is 2. The second-order valence-corrected chi connectivity index (χ2v) is 15.1. The van der Waals surface area contributed by atoms with Gasteiger partial charge in [-0.05, 0) is 135 Å². The van der Waals surface area contributed by atoms with Gasteiger partial charge in [-0.1, -0.05) is 146 Å². The van der Waals surface area contributed by atoms with Gasteiger partial charge < -0.3 is 8.98 Å². The van der Waals surface area contributed by atoms with Crippen LogP contribution in [0.15, 0.2) is 205 Å². The van der Waals surface area contributed by atoms with Crippen molar-refractivity contribution in [3.8, 4) is 61.3 Å². The van der Waals surface area contributed by atoms with Crippen LogP contribution in [-0.2, 0) is 0 Å². The fourth-order valence-electron chi connectivity index (χ4n) is 9.08. The summed E-state index contributed by atoms with van der Waals surface area (Å²) < 4.78 is 8.71. The van der Waals surface area contributed by atoms with Crippen LogP contribution in [0.4, 0.5) is 0 Å². The van der Waals surface area contributed by atoms with E-state index in [-0.39, 0.29) is 0 Å². The van der Waals surface area contributed by atoms with Crippen molar-refractivity contribution in [2.45, 2.75) is 13.8 Å². The number of aromatic nitrogens is 1. The van der Waals surface area contributed by atoms with Gasteiger partial charge in [0.1, 0.15) is 11.2 Å². The van der Waals surface area contributed by atoms with Gasteiger partial charge in [-0.2, -0.15) is 0 Å². The molecule has 2 nitrogen and oxygen atoms in total. The zero-order chi connectivity index (χ0) is 38.7. The second-order valence-electron chi connectivity index (χ2n) is 15.1. The first-order valence-electron chi connectivity index (χ1n) is 20.1. The Kier molecular flexibility index (Phi) is 7.97. The highest BCUT2D eigenvalue weighted by Crippen LogP contribution is 2.51. The topological polar surface area (TPSA) is 18.1 Å². The van der Waals surface area contributed by atoms with Crippen LogP contribution in [0.5, 0.6) is 0 Å². The van der Waals surface area contributed by atoms with Gasteiger partial charge in [-0.3, -0.25) is 0 Å². The molecule has 274 valence electrons. The molecular weight excluding hydrogens is 703 g/mol. The number of para-hydroxylation sites is 1. The number of fused-ring (bicyclic) bond motifs is 10. The summed E-state index contributed by atoms with van der Waals surface area (Å²) in [7, 11) is 0. The van der Waals surface area contributed by atoms with E-state index in [1.807, 2.05) is 38.1 Å². The summed E-state index contributed by atoms with van der Waals surface area (Å²) in [5.74, 6) is 0. The molecule has 0 atom stereocenters. The highest BCUT2D eigenvalue weighted by Gasteiger charge is 2.26. The average molecular weight is 742 g/mol. The van der Waals surface area contributed by atoms with E-state index in [0.29, 0.717) is 0 Å². The molecule has 0 amide bonds. The lowest BCUT2D eigenvalue weighted by Gasteiger charge is -2.15. The molecule has 0 aliphatic heterocycles. The zero-order valence-electron chi connectivity index (χ0n) is 32.4. The minimum Gasteiger partial charge on any atom is -0.456 e. The predicted molar refractivity (Wildman–Crippen MR) is 247 cm³/mol. The first kappa shape index (κ1) is 33.9. The first-order valence-corrected chi connectivity index (χ1v) is 20.1. The average Bonchev–Trinajstić information content (AvgIpc) is 3.95. The van der Waals surface area contributed by atoms with Crippen LogP contribution < -0.4 is 0 Å². The molecule has 9 aromatic carbocycles. The monoisotopic (exact) mass is 741 g/mol. The van der Waals surface area contributed by atoms with Gasteiger partial charge in [0, 0.05) is 27.2 Å². The summed E-state index contributed by atoms with van der Waals surface area (Å²) in [4.78, 5) is 0. The normalized spacial score (nSPS) is 11.9. The molecule has 0 spiro atoms. The molecule has 1 aliphatic carbocycles. The van der Waals surface area contributed by atoms with E-state index in [0.717, 1.165) is 27.6 Å². The third-order valence-electron chi connectivity index (χ3n) is 11.8. The van der Waals surface area contributed by atoms with Crippen LogP contribution in [0, 0.1) is 0 Å². The largest absolute Gasteiger partial charge is 0.456 e. The molecule has 2 aromatic heterocycles. The van der Waals surface area contributed by atoms with Crippen molar-refractivity contribution in [3.63, 3.8) is 0 Å². The first-order chi connectivity index (χ1) is 28.7. The van der Waals surface area contributed by atoms with Gasteiger partial charge in [0.05, 0.1) is 11.0 Å². The summed E-state index contributed by atoms with van der Waals surface area (Å²) in [6, 6.07) is 68.6. The van der Waals surface area contributed by atoms with Gasteiger partial charge in [0.25, 0.3) is 0 Å². The predicted octanol–water partition coefficient (Wildman–Crippen LogP) is 16.1. The van der Waals surface area contributed by atoms with Gasteiger partial charge >= 0.3 is 0 Å². The Morgan fingerprint density at radius 1 is 0.345 bits per heavy atom. The number of hydrogen-bond acceptors (Lipinski definition) is 1. The summed E-state index contributed by atoms with van der Waals surface area (Å²) in [6.45, 7) is 4.00. The minimum atomic E-state index is 0.911. The maximum Gasteiger partial charge on any atom is 0.135 e. The molecular formula is C56H39NO. The van der Waals surface area contributed by atoms with Crippen LogP contribution >= 0.6 is 0 Å². The molecule has 2 heterocycles. The maximum atomic E-state index is 6.21. The van der Waals surface area contributed by atoms with Crippen molar-refractivity contribution < 1.29 is 4.42 Å². The van der Waals surface area contributed by atoms with E-state index in [1.54, 1.807) is 0 Å². The molecule has 11 aromatic rings. The molecule has 0 fully saturated rings. The van der Waals surface area contributed by atoms with Gasteiger partial charge in [0.15, 0.2) is 0 Å². The lowest BCUT2D eigenvalue weighted by atomic mass is 9.96. The lowest BCUT2D eigenvalue weighted by molar-refractivity contribution is 0.669. The summed E-state index contributed by atoms with van der Waals surface area (Å²) in [6.07, 6.45) is 4.00. The highest BCUT2D eigenvalue weighted by molar-refractivity contribution is 6.29. The lowest BCUT2D eigenvalue weighted by Crippen LogP contribution is -1.96. The Labute approximate surface area is 337 Å². The van der Waals surface area contributed by atoms with Gasteiger partial charge in [0.2, 0.25) is 0 Å². The van der Waals surface area contributed by atoms with Crippen LogP contribution in [0.25, 0.3) is 116 Å². The zero-order valence-corrected chi connectivity index (χ0v) is 32.4. The Bertz CT molecular complexity index is 3340. The van der Waals surface area contributed by atoms with Gasteiger partial charge in [-0.25, -0.2) is 0 Å². The molecule has 0 unspecified atom stereocenters. The van der Waals surface area contributed by atoms with E-state index in [1.165, 1.54) is 88.2 Å². The SMILES string of the molecule is C/C=C\C.c1ccc(-c2cc(-c3ccccc3)cc(-n3c4ccc(-c5ccc6oc7ccccc7c6c5)cc4c4c5cccc6c5c(cc43)-c3ccccc3-6)c2)cc1. The molecule has 0 radical (unpaired) electrons. The second kappa shape index (κ2) is 13.7. The molecule has 0 saturated carbocycles. The fraction of sp³-hybridized carbons (Fsp3) is 0.0357. The smallest absolute Gasteiger partial charge is 0.135 e. The Morgan fingerprint density at radius 2 is 0.914 bits per heavy atom. The van der Waals surface area contributed by atoms with Crippen LogP contribution in [0.1, 0.15) is 13.8 Å². The Hall–Kier alpha value is -7.42. The Balaban J connectivity index is 0.000000924. The number of benzene rings is 9. The van der Waals surface area contributed by atoms with Crippen molar-refractivity contribution in [1.82, 2.24) is 4.57 Å². The molecule has 0 N–H and O–H groups in total. The summed E-state index contributed by atoms with van der Waals surface area (Å²) in [5.41, 5.74) is 17.7. The summed E-state index contributed by atoms with van der Waals surface area (Å²) in [5, 5.41) is 7.43. The van der Waals surface area contributed by atoms with Crippen molar-refractivity contribution in [2.24, 2.45) is 0 Å². The number of nitrogens with zero attached hydrogens (tertiary/aromatic N) is 1. The van der Waals surface area contributed by atoms with Crippen molar-refractivity contribution in [2.75, 3.05) is 0 Å². The molecule has 2 heteroatoms. The molecule has 1 aliphatic rings. The van der Waals surface area contributed by atoms with Crippen LogP contribution in [-0.4, -0.2) is 4.57 Å². The van der Waals surface area contributed by atoms with E-state index in [9.17, 15) is 0 Å². The van der Waals surface area contributed by atoms with Crippen molar-refractivity contribution >= 4 is 54.5 Å². The third kappa shape index (κ3) is 5.33. The van der Waals surface area contributed by atoms with Crippen LogP contribution in [0.3, 0.4) is 0 Å². The summed E-state index contributed by atoms with van der Waals surface area (Å²) >= 11 is 0. The molecule has 0 bridgehead atoms.